The van der Waals surface area contributed by atoms with Crippen molar-refractivity contribution in [1.82, 2.24) is 0 Å². The van der Waals surface area contributed by atoms with E-state index in [2.05, 4.69) is 0 Å². The molecule has 5 heteroatoms. The first-order chi connectivity index (χ1) is 9.61. The number of thiophene rings is 1. The summed E-state index contributed by atoms with van der Waals surface area (Å²) in [4.78, 5) is 14.0. The van der Waals surface area contributed by atoms with Crippen molar-refractivity contribution in [3.8, 4) is 5.75 Å². The zero-order valence-electron chi connectivity index (χ0n) is 11.3. The van der Waals surface area contributed by atoms with Crippen LogP contribution in [0.5, 0.6) is 5.75 Å². The summed E-state index contributed by atoms with van der Waals surface area (Å²) in [6.45, 7) is 2.20. The summed E-state index contributed by atoms with van der Waals surface area (Å²) in [6, 6.07) is 11.1. The fourth-order valence-corrected chi connectivity index (χ4v) is 2.92. The Labute approximate surface area is 127 Å². The predicted molar refractivity (Wildman–Crippen MR) is 80.8 cm³/mol. The van der Waals surface area contributed by atoms with Crippen molar-refractivity contribution in [2.75, 3.05) is 13.7 Å². The van der Waals surface area contributed by atoms with Gasteiger partial charge in [0.15, 0.2) is 0 Å². The van der Waals surface area contributed by atoms with Gasteiger partial charge in [-0.3, -0.25) is 4.79 Å². The molecule has 0 saturated heterocycles. The third kappa shape index (κ3) is 3.52. The van der Waals surface area contributed by atoms with Crippen molar-refractivity contribution in [1.29, 1.82) is 0 Å². The highest BCUT2D eigenvalue weighted by molar-refractivity contribution is 7.12. The van der Waals surface area contributed by atoms with E-state index < -0.39 is 5.92 Å². The van der Waals surface area contributed by atoms with Crippen LogP contribution >= 0.6 is 22.9 Å². The monoisotopic (exact) mass is 310 g/mol. The highest BCUT2D eigenvalue weighted by Crippen LogP contribution is 2.29. The maximum absolute atomic E-state index is 11.9. The van der Waals surface area contributed by atoms with Gasteiger partial charge in [-0.15, -0.1) is 11.3 Å². The highest BCUT2D eigenvalue weighted by atomic mass is 35.5. The lowest BCUT2D eigenvalue weighted by Gasteiger charge is -2.15. The van der Waals surface area contributed by atoms with Gasteiger partial charge < -0.3 is 9.47 Å². The number of esters is 1. The van der Waals surface area contributed by atoms with Gasteiger partial charge >= 0.3 is 5.97 Å². The largest absolute Gasteiger partial charge is 0.491 e. The van der Waals surface area contributed by atoms with E-state index in [1.807, 2.05) is 31.2 Å². The average Bonchev–Trinajstić information content (AvgIpc) is 2.87. The molecule has 0 bridgehead atoms. The van der Waals surface area contributed by atoms with E-state index in [4.69, 9.17) is 21.1 Å². The Morgan fingerprint density at radius 3 is 2.65 bits per heavy atom. The van der Waals surface area contributed by atoms with E-state index >= 15 is 0 Å². The van der Waals surface area contributed by atoms with E-state index in [0.29, 0.717) is 10.8 Å². The molecule has 3 nitrogen and oxygen atoms in total. The molecule has 0 aliphatic rings. The van der Waals surface area contributed by atoms with Crippen molar-refractivity contribution in [2.45, 2.75) is 12.8 Å². The van der Waals surface area contributed by atoms with E-state index in [1.165, 1.54) is 7.11 Å². The van der Waals surface area contributed by atoms with Crippen LogP contribution in [0.25, 0.3) is 0 Å². The Bertz CT molecular complexity index is 594. The first-order valence-electron chi connectivity index (χ1n) is 6.13. The Morgan fingerprint density at radius 2 is 2.05 bits per heavy atom. The molecule has 1 aromatic heterocycles. The molecule has 2 rings (SSSR count). The molecule has 2 aromatic rings. The van der Waals surface area contributed by atoms with Crippen molar-refractivity contribution >= 4 is 28.9 Å². The van der Waals surface area contributed by atoms with Gasteiger partial charge in [0.2, 0.25) is 0 Å². The van der Waals surface area contributed by atoms with Crippen LogP contribution in [0.15, 0.2) is 36.4 Å². The number of benzene rings is 1. The molecule has 1 unspecified atom stereocenters. The Morgan fingerprint density at radius 1 is 1.30 bits per heavy atom. The SMILES string of the molecule is COC(=O)C(COc1ccccc1Cl)c1ccc(C)s1. The standard InChI is InChI=1S/C15H15ClO3S/c1-10-7-8-14(20-10)11(15(17)18-2)9-19-13-6-4-3-5-12(13)16/h3-8,11H,9H2,1-2H3. The van der Waals surface area contributed by atoms with Gasteiger partial charge in [0.25, 0.3) is 0 Å². The molecule has 0 radical (unpaired) electrons. The zero-order chi connectivity index (χ0) is 14.5. The Kier molecular flexibility index (Phi) is 5.04. The summed E-state index contributed by atoms with van der Waals surface area (Å²) in [5.74, 6) is -0.176. The van der Waals surface area contributed by atoms with Gasteiger partial charge in [-0.05, 0) is 31.2 Å². The highest BCUT2D eigenvalue weighted by Gasteiger charge is 2.24. The summed E-state index contributed by atoms with van der Waals surface area (Å²) in [5.41, 5.74) is 0. The number of aryl methyl sites for hydroxylation is 1. The van der Waals surface area contributed by atoms with E-state index in [-0.39, 0.29) is 12.6 Å². The van der Waals surface area contributed by atoms with Crippen molar-refractivity contribution < 1.29 is 14.3 Å². The first-order valence-corrected chi connectivity index (χ1v) is 7.32. The maximum atomic E-state index is 11.9. The number of halogens is 1. The lowest BCUT2D eigenvalue weighted by atomic mass is 10.1. The number of para-hydroxylation sites is 1. The number of rotatable bonds is 5. The van der Waals surface area contributed by atoms with Crippen molar-refractivity contribution in [2.24, 2.45) is 0 Å². The lowest BCUT2D eigenvalue weighted by molar-refractivity contribution is -0.143. The molecule has 20 heavy (non-hydrogen) atoms. The predicted octanol–water partition coefficient (Wildman–Crippen LogP) is 4.05. The maximum Gasteiger partial charge on any atom is 0.317 e. The van der Waals surface area contributed by atoms with Gasteiger partial charge in [-0.25, -0.2) is 0 Å². The smallest absolute Gasteiger partial charge is 0.317 e. The molecule has 0 amide bonds. The van der Waals surface area contributed by atoms with Gasteiger partial charge in [0, 0.05) is 9.75 Å². The molecular weight excluding hydrogens is 296 g/mol. The van der Waals surface area contributed by atoms with Gasteiger partial charge in [-0.2, -0.15) is 0 Å². The van der Waals surface area contributed by atoms with Crippen LogP contribution in [0.1, 0.15) is 15.7 Å². The second-order valence-corrected chi connectivity index (χ2v) is 5.99. The summed E-state index contributed by atoms with van der Waals surface area (Å²) < 4.78 is 10.5. The fraction of sp³-hybridized carbons (Fsp3) is 0.267. The molecule has 106 valence electrons. The van der Waals surface area contributed by atoms with Crippen LogP contribution in [0.4, 0.5) is 0 Å². The number of carbonyl (C=O) groups excluding carboxylic acids is 1. The molecule has 1 aromatic carbocycles. The average molecular weight is 311 g/mol. The Balaban J connectivity index is 2.13. The molecule has 0 aliphatic carbocycles. The first kappa shape index (κ1) is 14.9. The second-order valence-electron chi connectivity index (χ2n) is 4.27. The fourth-order valence-electron chi connectivity index (χ4n) is 1.78. The molecule has 1 atom stereocenters. The molecule has 0 N–H and O–H groups in total. The van der Waals surface area contributed by atoms with Crippen molar-refractivity contribution in [3.05, 3.63) is 51.2 Å². The summed E-state index contributed by atoms with van der Waals surface area (Å²) >= 11 is 7.60. The minimum absolute atomic E-state index is 0.205. The summed E-state index contributed by atoms with van der Waals surface area (Å²) in [5, 5.41) is 0.526. The minimum Gasteiger partial charge on any atom is -0.491 e. The van der Waals surface area contributed by atoms with Crippen LogP contribution in [-0.2, 0) is 9.53 Å². The normalized spacial score (nSPS) is 11.9. The van der Waals surface area contributed by atoms with Gasteiger partial charge in [0.1, 0.15) is 18.3 Å². The number of hydrogen-bond donors (Lipinski definition) is 0. The minimum atomic E-state index is -0.435. The van der Waals surface area contributed by atoms with Crippen LogP contribution in [0.3, 0.4) is 0 Å². The zero-order valence-corrected chi connectivity index (χ0v) is 12.8. The van der Waals surface area contributed by atoms with Crippen molar-refractivity contribution in [3.63, 3.8) is 0 Å². The molecule has 0 saturated carbocycles. The summed E-state index contributed by atoms with van der Waals surface area (Å²) in [6.07, 6.45) is 0. The van der Waals surface area contributed by atoms with Crippen LogP contribution in [0.2, 0.25) is 5.02 Å². The number of methoxy groups -OCH3 is 1. The van der Waals surface area contributed by atoms with Crippen LogP contribution < -0.4 is 4.74 Å². The quantitative estimate of drug-likeness (QED) is 0.782. The number of hydrogen-bond acceptors (Lipinski definition) is 4. The topological polar surface area (TPSA) is 35.5 Å². The lowest BCUT2D eigenvalue weighted by Crippen LogP contribution is -2.20. The molecule has 0 fully saturated rings. The summed E-state index contributed by atoms with van der Waals surface area (Å²) in [7, 11) is 1.38. The third-order valence-electron chi connectivity index (χ3n) is 2.83. The van der Waals surface area contributed by atoms with Gasteiger partial charge in [-0.1, -0.05) is 23.7 Å². The molecular formula is C15H15ClO3S. The number of carbonyl (C=O) groups is 1. The molecule has 0 spiro atoms. The Hall–Kier alpha value is -1.52. The van der Waals surface area contributed by atoms with Crippen LogP contribution in [0, 0.1) is 6.92 Å². The third-order valence-corrected chi connectivity index (χ3v) is 4.26. The van der Waals surface area contributed by atoms with Gasteiger partial charge in [0.05, 0.1) is 12.1 Å². The van der Waals surface area contributed by atoms with E-state index in [9.17, 15) is 4.79 Å². The van der Waals surface area contributed by atoms with E-state index in [1.54, 1.807) is 23.5 Å². The second kappa shape index (κ2) is 6.77. The molecule has 1 heterocycles. The van der Waals surface area contributed by atoms with Crippen LogP contribution in [-0.4, -0.2) is 19.7 Å². The number of ether oxygens (including phenoxy) is 2. The van der Waals surface area contributed by atoms with E-state index in [0.717, 1.165) is 9.75 Å². The molecule has 0 aliphatic heterocycles.